The van der Waals surface area contributed by atoms with Crippen LogP contribution in [0.15, 0.2) is 102 Å². The molecule has 0 radical (unpaired) electrons. The van der Waals surface area contributed by atoms with Crippen LogP contribution in [0.1, 0.15) is 0 Å². The Morgan fingerprint density at radius 3 is 1.81 bits per heavy atom. The molecule has 0 aliphatic carbocycles. The minimum absolute atomic E-state index is 0.0764. The average Bonchev–Trinajstić information content (AvgIpc) is 2.70. The van der Waals surface area contributed by atoms with Crippen molar-refractivity contribution >= 4 is 11.6 Å². The summed E-state index contributed by atoms with van der Waals surface area (Å²) in [5, 5.41) is 0.643. The zero-order valence-electron chi connectivity index (χ0n) is 14.0. The second-order valence-corrected chi connectivity index (χ2v) is 6.45. The van der Waals surface area contributed by atoms with E-state index < -0.39 is 0 Å². The number of aromatic nitrogens is 1. The van der Waals surface area contributed by atoms with Crippen LogP contribution in [-0.2, 0) is 0 Å². The van der Waals surface area contributed by atoms with E-state index in [1.165, 1.54) is 0 Å². The van der Waals surface area contributed by atoms with E-state index in [0.29, 0.717) is 5.02 Å². The van der Waals surface area contributed by atoms with Gasteiger partial charge in [0.2, 0.25) is 0 Å². The first-order valence-corrected chi connectivity index (χ1v) is 8.74. The van der Waals surface area contributed by atoms with Crippen LogP contribution in [0.4, 0.5) is 0 Å². The Bertz CT molecular complexity index is 1080. The van der Waals surface area contributed by atoms with Gasteiger partial charge in [0, 0.05) is 16.8 Å². The predicted octanol–water partition coefficient (Wildman–Crippen LogP) is 5.82. The zero-order valence-corrected chi connectivity index (χ0v) is 14.7. The summed E-state index contributed by atoms with van der Waals surface area (Å²) in [6.45, 7) is 0. The maximum atomic E-state index is 13.0. The lowest BCUT2D eigenvalue weighted by molar-refractivity contribution is 1.00. The minimum Gasteiger partial charge on any atom is -0.277 e. The van der Waals surface area contributed by atoms with Gasteiger partial charge < -0.3 is 0 Å². The van der Waals surface area contributed by atoms with Gasteiger partial charge in [0.1, 0.15) is 0 Å². The first-order chi connectivity index (χ1) is 12.7. The largest absolute Gasteiger partial charge is 0.277 e. The van der Waals surface area contributed by atoms with Crippen molar-refractivity contribution in [3.63, 3.8) is 0 Å². The number of hydrogen-bond donors (Lipinski definition) is 0. The first kappa shape index (κ1) is 16.4. The average molecular weight is 358 g/mol. The van der Waals surface area contributed by atoms with E-state index >= 15 is 0 Å². The molecular weight excluding hydrogens is 342 g/mol. The highest BCUT2D eigenvalue weighted by molar-refractivity contribution is 6.30. The van der Waals surface area contributed by atoms with E-state index in [-0.39, 0.29) is 5.56 Å². The SMILES string of the molecule is O=c1cc(-c2ccccc2)cc(-c2ccccc2)n1-c1ccc(Cl)cc1. The van der Waals surface area contributed by atoms with Gasteiger partial charge in [0.25, 0.3) is 5.56 Å². The fourth-order valence-electron chi connectivity index (χ4n) is 3.04. The number of rotatable bonds is 3. The second-order valence-electron chi connectivity index (χ2n) is 6.01. The molecule has 0 saturated heterocycles. The summed E-state index contributed by atoms with van der Waals surface area (Å²) in [5.74, 6) is 0. The van der Waals surface area contributed by atoms with Crippen molar-refractivity contribution in [1.82, 2.24) is 4.57 Å². The Kier molecular flexibility index (Phi) is 4.42. The Balaban J connectivity index is 1.99. The van der Waals surface area contributed by atoms with E-state index in [4.69, 9.17) is 11.6 Å². The Morgan fingerprint density at radius 1 is 0.615 bits per heavy atom. The number of hydrogen-bond acceptors (Lipinski definition) is 1. The topological polar surface area (TPSA) is 22.0 Å². The van der Waals surface area contributed by atoms with Gasteiger partial charge in [-0.1, -0.05) is 72.3 Å². The van der Waals surface area contributed by atoms with Crippen molar-refractivity contribution < 1.29 is 0 Å². The molecule has 3 aromatic carbocycles. The van der Waals surface area contributed by atoms with Crippen molar-refractivity contribution in [1.29, 1.82) is 0 Å². The van der Waals surface area contributed by atoms with Crippen LogP contribution in [0.2, 0.25) is 5.02 Å². The monoisotopic (exact) mass is 357 g/mol. The number of benzene rings is 3. The molecular formula is C23H16ClNO. The summed E-state index contributed by atoms with van der Waals surface area (Å²) in [6.07, 6.45) is 0. The number of pyridine rings is 1. The molecule has 0 atom stereocenters. The summed E-state index contributed by atoms with van der Waals surface area (Å²) in [4.78, 5) is 13.0. The quantitative estimate of drug-likeness (QED) is 0.452. The van der Waals surface area contributed by atoms with Crippen LogP contribution in [-0.4, -0.2) is 4.57 Å². The van der Waals surface area contributed by atoms with Gasteiger partial charge in [-0.2, -0.15) is 0 Å². The highest BCUT2D eigenvalue weighted by Crippen LogP contribution is 2.27. The third-order valence-corrected chi connectivity index (χ3v) is 4.55. The van der Waals surface area contributed by atoms with E-state index in [0.717, 1.165) is 28.1 Å². The van der Waals surface area contributed by atoms with Gasteiger partial charge in [0.15, 0.2) is 0 Å². The summed E-state index contributed by atoms with van der Waals surface area (Å²) < 4.78 is 1.72. The van der Waals surface area contributed by atoms with E-state index in [2.05, 4.69) is 6.07 Å². The summed E-state index contributed by atoms with van der Waals surface area (Å²) >= 11 is 6.01. The van der Waals surface area contributed by atoms with Gasteiger partial charge in [-0.25, -0.2) is 0 Å². The molecule has 4 rings (SSSR count). The van der Waals surface area contributed by atoms with Crippen LogP contribution in [0.5, 0.6) is 0 Å². The van der Waals surface area contributed by atoms with E-state index in [1.54, 1.807) is 22.8 Å². The third-order valence-electron chi connectivity index (χ3n) is 4.29. The van der Waals surface area contributed by atoms with Crippen molar-refractivity contribution in [3.8, 4) is 28.1 Å². The van der Waals surface area contributed by atoms with Gasteiger partial charge >= 0.3 is 0 Å². The zero-order chi connectivity index (χ0) is 17.9. The molecule has 126 valence electrons. The standard InChI is InChI=1S/C23H16ClNO/c24-20-11-13-21(14-12-20)25-22(18-9-5-2-6-10-18)15-19(16-23(25)26)17-7-3-1-4-8-17/h1-16H. The molecule has 2 nitrogen and oxygen atoms in total. The lowest BCUT2D eigenvalue weighted by Gasteiger charge is -2.15. The maximum absolute atomic E-state index is 13.0. The number of nitrogens with zero attached hydrogens (tertiary/aromatic N) is 1. The molecule has 4 aromatic rings. The van der Waals surface area contributed by atoms with Gasteiger partial charge in [-0.3, -0.25) is 9.36 Å². The van der Waals surface area contributed by atoms with Crippen LogP contribution < -0.4 is 5.56 Å². The highest BCUT2D eigenvalue weighted by atomic mass is 35.5. The molecule has 0 unspecified atom stereocenters. The molecule has 0 aliphatic heterocycles. The molecule has 0 saturated carbocycles. The summed E-state index contributed by atoms with van der Waals surface area (Å²) in [5.41, 5.74) is 4.46. The molecule has 0 aliphatic rings. The molecule has 26 heavy (non-hydrogen) atoms. The Labute approximate surface area is 156 Å². The van der Waals surface area contributed by atoms with Crippen LogP contribution >= 0.6 is 11.6 Å². The van der Waals surface area contributed by atoms with Gasteiger partial charge in [-0.15, -0.1) is 0 Å². The summed E-state index contributed by atoms with van der Waals surface area (Å²) in [6, 6.07) is 30.9. The Hall–Kier alpha value is -3.10. The molecule has 3 heteroatoms. The fourth-order valence-corrected chi connectivity index (χ4v) is 3.17. The van der Waals surface area contributed by atoms with Crippen molar-refractivity contribution in [2.75, 3.05) is 0 Å². The first-order valence-electron chi connectivity index (χ1n) is 8.36. The van der Waals surface area contributed by atoms with Crippen molar-refractivity contribution in [3.05, 3.63) is 112 Å². The third kappa shape index (κ3) is 3.19. The molecule has 0 fully saturated rings. The molecule has 1 heterocycles. The summed E-state index contributed by atoms with van der Waals surface area (Å²) in [7, 11) is 0. The highest BCUT2D eigenvalue weighted by Gasteiger charge is 2.12. The van der Waals surface area contributed by atoms with Crippen molar-refractivity contribution in [2.24, 2.45) is 0 Å². The fraction of sp³-hybridized carbons (Fsp3) is 0. The Morgan fingerprint density at radius 2 is 1.19 bits per heavy atom. The normalized spacial score (nSPS) is 10.7. The molecule has 0 amide bonds. The van der Waals surface area contributed by atoms with Crippen LogP contribution in [0.3, 0.4) is 0 Å². The predicted molar refractivity (Wildman–Crippen MR) is 108 cm³/mol. The lowest BCUT2D eigenvalue weighted by Crippen LogP contribution is -2.19. The second kappa shape index (κ2) is 7.03. The van der Waals surface area contributed by atoms with Crippen LogP contribution in [0.25, 0.3) is 28.1 Å². The maximum Gasteiger partial charge on any atom is 0.256 e. The van der Waals surface area contributed by atoms with E-state index in [9.17, 15) is 4.79 Å². The van der Waals surface area contributed by atoms with Gasteiger partial charge in [0.05, 0.1) is 5.69 Å². The van der Waals surface area contributed by atoms with Gasteiger partial charge in [-0.05, 0) is 47.0 Å². The van der Waals surface area contributed by atoms with E-state index in [1.807, 2.05) is 72.8 Å². The van der Waals surface area contributed by atoms with Crippen LogP contribution in [0, 0.1) is 0 Å². The van der Waals surface area contributed by atoms with Crippen molar-refractivity contribution in [2.45, 2.75) is 0 Å². The lowest BCUT2D eigenvalue weighted by atomic mass is 10.0. The molecule has 0 bridgehead atoms. The molecule has 0 spiro atoms. The number of halogens is 1. The smallest absolute Gasteiger partial charge is 0.256 e. The molecule has 0 N–H and O–H groups in total. The minimum atomic E-state index is -0.0764. The molecule has 1 aromatic heterocycles.